The van der Waals surface area contributed by atoms with Crippen molar-refractivity contribution >= 4 is 6.16 Å². The molecule has 14 heavy (non-hydrogen) atoms. The Morgan fingerprint density at radius 1 is 1.43 bits per heavy atom. The fourth-order valence-corrected chi connectivity index (χ4v) is 2.00. The van der Waals surface area contributed by atoms with Crippen LogP contribution in [0, 0.1) is 0 Å². The first-order valence-electron chi connectivity index (χ1n) is 5.02. The lowest BCUT2D eigenvalue weighted by molar-refractivity contribution is -0.0303. The zero-order valence-electron chi connectivity index (χ0n) is 8.53. The molecule has 5 heteroatoms. The van der Waals surface area contributed by atoms with E-state index in [1.165, 1.54) is 0 Å². The van der Waals surface area contributed by atoms with Gasteiger partial charge in [-0.25, -0.2) is 4.79 Å². The van der Waals surface area contributed by atoms with Gasteiger partial charge in [-0.2, -0.15) is 0 Å². The third-order valence-corrected chi connectivity index (χ3v) is 2.78. The number of hydrogen-bond donors (Lipinski definition) is 1. The van der Waals surface area contributed by atoms with Crippen LogP contribution in [0.3, 0.4) is 0 Å². The molecule has 0 aliphatic carbocycles. The zero-order chi connectivity index (χ0) is 10.1. The summed E-state index contributed by atoms with van der Waals surface area (Å²) in [6, 6.07) is 0.380. The molecule has 2 aliphatic heterocycles. The minimum absolute atomic E-state index is 0.164. The summed E-state index contributed by atoms with van der Waals surface area (Å²) in [5, 5.41) is 3.29. The van der Waals surface area contributed by atoms with Crippen molar-refractivity contribution in [1.29, 1.82) is 0 Å². The predicted octanol–water partition coefficient (Wildman–Crippen LogP) is 0.161. The number of cyclic esters (lactones) is 2. The number of hydrogen-bond acceptors (Lipinski definition) is 5. The van der Waals surface area contributed by atoms with Crippen molar-refractivity contribution in [1.82, 2.24) is 10.2 Å². The smallest absolute Gasteiger partial charge is 0.426 e. The molecular formula is C9H16N2O3. The molecule has 2 rings (SSSR count). The number of carbonyl (C=O) groups excluding carboxylic acids is 1. The summed E-state index contributed by atoms with van der Waals surface area (Å²) in [5.41, 5.74) is 0. The molecule has 0 aromatic carbocycles. The van der Waals surface area contributed by atoms with E-state index in [-0.39, 0.29) is 12.3 Å². The van der Waals surface area contributed by atoms with Crippen LogP contribution in [-0.2, 0) is 9.47 Å². The number of ether oxygens (including phenoxy) is 2. The number of piperazine rings is 1. The standard InChI is InChI=1S/C9H16N2O3/c1-6-5-10-3-4-11(6)8-7(2)13-9(12)14-8/h6-8,10H,3-5H2,1-2H3. The maximum Gasteiger partial charge on any atom is 0.510 e. The Kier molecular flexibility index (Phi) is 2.60. The van der Waals surface area contributed by atoms with Gasteiger partial charge in [0.1, 0.15) is 0 Å². The van der Waals surface area contributed by atoms with Crippen molar-refractivity contribution in [3.05, 3.63) is 0 Å². The van der Waals surface area contributed by atoms with E-state index in [2.05, 4.69) is 17.1 Å². The first-order chi connectivity index (χ1) is 6.68. The highest BCUT2D eigenvalue weighted by Gasteiger charge is 2.40. The van der Waals surface area contributed by atoms with Crippen LogP contribution in [-0.4, -0.2) is 49.1 Å². The molecule has 0 radical (unpaired) electrons. The molecule has 3 unspecified atom stereocenters. The number of nitrogens with zero attached hydrogens (tertiary/aromatic N) is 1. The summed E-state index contributed by atoms with van der Waals surface area (Å²) in [6.45, 7) is 6.74. The van der Waals surface area contributed by atoms with E-state index in [4.69, 9.17) is 9.47 Å². The van der Waals surface area contributed by atoms with Crippen molar-refractivity contribution in [3.8, 4) is 0 Å². The Balaban J connectivity index is 2.02. The molecule has 2 heterocycles. The van der Waals surface area contributed by atoms with Crippen molar-refractivity contribution in [3.63, 3.8) is 0 Å². The Morgan fingerprint density at radius 3 is 2.79 bits per heavy atom. The second-order valence-electron chi connectivity index (χ2n) is 3.87. The molecule has 5 nitrogen and oxygen atoms in total. The predicted molar refractivity (Wildman–Crippen MR) is 49.9 cm³/mol. The molecule has 2 fully saturated rings. The van der Waals surface area contributed by atoms with Crippen LogP contribution in [0.25, 0.3) is 0 Å². The van der Waals surface area contributed by atoms with Gasteiger partial charge >= 0.3 is 6.16 Å². The van der Waals surface area contributed by atoms with E-state index in [0.29, 0.717) is 6.04 Å². The molecule has 0 amide bonds. The van der Waals surface area contributed by atoms with E-state index in [1.807, 2.05) is 6.92 Å². The van der Waals surface area contributed by atoms with Crippen LogP contribution < -0.4 is 5.32 Å². The summed E-state index contributed by atoms with van der Waals surface area (Å²) in [7, 11) is 0. The molecule has 2 saturated heterocycles. The highest BCUT2D eigenvalue weighted by molar-refractivity contribution is 5.62. The van der Waals surface area contributed by atoms with Gasteiger partial charge in [-0.05, 0) is 13.8 Å². The number of carbonyl (C=O) groups is 1. The van der Waals surface area contributed by atoms with Crippen LogP contribution in [0.2, 0.25) is 0 Å². The van der Waals surface area contributed by atoms with Gasteiger partial charge in [0.05, 0.1) is 0 Å². The quantitative estimate of drug-likeness (QED) is 0.611. The molecule has 0 spiro atoms. The topological polar surface area (TPSA) is 50.8 Å². The first-order valence-corrected chi connectivity index (χ1v) is 5.02. The highest BCUT2D eigenvalue weighted by atomic mass is 16.8. The monoisotopic (exact) mass is 200 g/mol. The molecule has 1 N–H and O–H groups in total. The number of nitrogens with one attached hydrogen (secondary N) is 1. The van der Waals surface area contributed by atoms with Crippen LogP contribution in [0.4, 0.5) is 4.79 Å². The third-order valence-electron chi connectivity index (χ3n) is 2.78. The minimum Gasteiger partial charge on any atom is -0.426 e. The lowest BCUT2D eigenvalue weighted by Gasteiger charge is -2.37. The van der Waals surface area contributed by atoms with Crippen LogP contribution >= 0.6 is 0 Å². The molecule has 0 aromatic rings. The van der Waals surface area contributed by atoms with Crippen molar-refractivity contribution in [2.45, 2.75) is 32.2 Å². The average molecular weight is 200 g/mol. The van der Waals surface area contributed by atoms with E-state index in [1.54, 1.807) is 0 Å². The Labute approximate surface area is 83.3 Å². The molecule has 0 aromatic heterocycles. The lowest BCUT2D eigenvalue weighted by Crippen LogP contribution is -2.56. The second kappa shape index (κ2) is 3.74. The minimum atomic E-state index is -0.548. The Bertz CT molecular complexity index is 234. The zero-order valence-corrected chi connectivity index (χ0v) is 8.53. The van der Waals surface area contributed by atoms with Gasteiger partial charge in [0.2, 0.25) is 0 Å². The van der Waals surface area contributed by atoms with Gasteiger partial charge < -0.3 is 14.8 Å². The van der Waals surface area contributed by atoms with Crippen molar-refractivity contribution in [2.24, 2.45) is 0 Å². The van der Waals surface area contributed by atoms with Gasteiger partial charge in [0, 0.05) is 25.7 Å². The van der Waals surface area contributed by atoms with Gasteiger partial charge in [0.15, 0.2) is 12.3 Å². The SMILES string of the molecule is CC1OC(=O)OC1N1CCNCC1C. The van der Waals surface area contributed by atoms with Gasteiger partial charge in [-0.1, -0.05) is 0 Å². The van der Waals surface area contributed by atoms with Gasteiger partial charge in [-0.3, -0.25) is 4.90 Å². The Hall–Kier alpha value is -0.810. The second-order valence-corrected chi connectivity index (χ2v) is 3.87. The van der Waals surface area contributed by atoms with Crippen molar-refractivity contribution in [2.75, 3.05) is 19.6 Å². The van der Waals surface area contributed by atoms with Crippen LogP contribution in [0.1, 0.15) is 13.8 Å². The van der Waals surface area contributed by atoms with Crippen LogP contribution in [0.15, 0.2) is 0 Å². The van der Waals surface area contributed by atoms with E-state index in [0.717, 1.165) is 19.6 Å². The third kappa shape index (κ3) is 1.69. The van der Waals surface area contributed by atoms with E-state index in [9.17, 15) is 4.79 Å². The summed E-state index contributed by atoms with van der Waals surface area (Å²) >= 11 is 0. The maximum absolute atomic E-state index is 10.9. The molecule has 3 atom stereocenters. The summed E-state index contributed by atoms with van der Waals surface area (Å²) in [5.74, 6) is 0. The molecular weight excluding hydrogens is 184 g/mol. The maximum atomic E-state index is 10.9. The molecule has 2 aliphatic rings. The Morgan fingerprint density at radius 2 is 2.21 bits per heavy atom. The normalized spacial score (nSPS) is 39.3. The largest absolute Gasteiger partial charge is 0.510 e. The fraction of sp³-hybridized carbons (Fsp3) is 0.889. The van der Waals surface area contributed by atoms with Gasteiger partial charge in [0.25, 0.3) is 0 Å². The molecule has 0 bridgehead atoms. The van der Waals surface area contributed by atoms with Crippen LogP contribution in [0.5, 0.6) is 0 Å². The van der Waals surface area contributed by atoms with E-state index < -0.39 is 6.16 Å². The molecule has 80 valence electrons. The van der Waals surface area contributed by atoms with Crippen molar-refractivity contribution < 1.29 is 14.3 Å². The lowest BCUT2D eigenvalue weighted by atomic mass is 10.2. The number of rotatable bonds is 1. The summed E-state index contributed by atoms with van der Waals surface area (Å²) in [4.78, 5) is 13.1. The first kappa shape index (κ1) is 9.73. The highest BCUT2D eigenvalue weighted by Crippen LogP contribution is 2.21. The summed E-state index contributed by atoms with van der Waals surface area (Å²) < 4.78 is 10.1. The summed E-state index contributed by atoms with van der Waals surface area (Å²) in [6.07, 6.45) is -0.920. The fourth-order valence-electron chi connectivity index (χ4n) is 2.00. The molecule has 0 saturated carbocycles. The average Bonchev–Trinajstić information content (AvgIpc) is 2.46. The van der Waals surface area contributed by atoms with Gasteiger partial charge in [-0.15, -0.1) is 0 Å². The van der Waals surface area contributed by atoms with E-state index >= 15 is 0 Å².